The molecule has 0 radical (unpaired) electrons. The number of nitrogen functional groups attached to an aromatic ring is 1. The van der Waals surface area contributed by atoms with E-state index < -0.39 is 36.2 Å². The number of rotatable bonds is 4. The van der Waals surface area contributed by atoms with Crippen molar-refractivity contribution in [1.82, 2.24) is 9.55 Å². The highest BCUT2D eigenvalue weighted by Gasteiger charge is 2.44. The minimum atomic E-state index is -1.39. The van der Waals surface area contributed by atoms with Gasteiger partial charge < -0.3 is 25.4 Å². The maximum atomic E-state index is 12.3. The summed E-state index contributed by atoms with van der Waals surface area (Å²) in [4.78, 5) is 28.2. The minimum absolute atomic E-state index is 0.0306. The zero-order valence-corrected chi connectivity index (χ0v) is 15.3. The lowest BCUT2D eigenvalue weighted by molar-refractivity contribution is -0.0597. The summed E-state index contributed by atoms with van der Waals surface area (Å²) < 4.78 is 12.8. The van der Waals surface area contributed by atoms with Crippen molar-refractivity contribution in [2.24, 2.45) is 0 Å². The molecule has 10 heteroatoms. The average Bonchev–Trinajstić information content (AvgIpc) is 3.23. The molecule has 9 nitrogen and oxygen atoms in total. The zero-order chi connectivity index (χ0) is 19.8. The third kappa shape index (κ3) is 3.38. The topological polar surface area (TPSA) is 137 Å². The zero-order valence-electron chi connectivity index (χ0n) is 14.5. The molecule has 0 amide bonds. The molecule has 0 aliphatic carbocycles. The molecule has 4 N–H and O–H groups in total. The van der Waals surface area contributed by atoms with Crippen LogP contribution < -0.4 is 11.4 Å². The number of carbonyl (C=O) groups excluding carboxylic acids is 1. The first-order valence-electron chi connectivity index (χ1n) is 8.46. The summed E-state index contributed by atoms with van der Waals surface area (Å²) in [5, 5.41) is 21.4. The van der Waals surface area contributed by atoms with Crippen molar-refractivity contribution >= 4 is 33.2 Å². The summed E-state index contributed by atoms with van der Waals surface area (Å²) in [7, 11) is 0. The monoisotopic (exact) mass is 403 g/mol. The van der Waals surface area contributed by atoms with Crippen molar-refractivity contribution in [2.45, 2.75) is 24.5 Å². The molecule has 1 aliphatic heterocycles. The Morgan fingerprint density at radius 3 is 2.82 bits per heavy atom. The third-order valence-electron chi connectivity index (χ3n) is 4.47. The molecular weight excluding hydrogens is 386 g/mol. The molecule has 1 saturated heterocycles. The van der Waals surface area contributed by atoms with Crippen molar-refractivity contribution in [2.75, 3.05) is 12.3 Å². The number of benzene rings is 1. The molecule has 0 saturated carbocycles. The number of fused-ring (bicyclic) bond motifs is 1. The largest absolute Gasteiger partial charge is 0.459 e. The molecule has 0 bridgehead atoms. The van der Waals surface area contributed by atoms with E-state index in [1.54, 1.807) is 6.07 Å². The molecule has 1 aliphatic rings. The predicted molar refractivity (Wildman–Crippen MR) is 101 cm³/mol. The van der Waals surface area contributed by atoms with E-state index in [1.807, 2.05) is 24.3 Å². The average molecular weight is 403 g/mol. The maximum Gasteiger partial charge on any atom is 0.351 e. The number of hydrogen-bond donors (Lipinski definition) is 3. The van der Waals surface area contributed by atoms with E-state index in [1.165, 1.54) is 23.6 Å². The summed E-state index contributed by atoms with van der Waals surface area (Å²) in [6.45, 7) is -0.279. The smallest absolute Gasteiger partial charge is 0.351 e. The Hall–Kier alpha value is -2.79. The van der Waals surface area contributed by atoms with Gasteiger partial charge >= 0.3 is 11.7 Å². The number of aliphatic hydroxyl groups excluding tert-OH is 2. The Morgan fingerprint density at radius 2 is 2.07 bits per heavy atom. The Balaban J connectivity index is 1.44. The first-order chi connectivity index (χ1) is 13.4. The fourth-order valence-corrected chi connectivity index (χ4v) is 3.98. The standard InChI is InChI=1S/C18H17N3O6S/c19-13-5-6-21(18(25)20-13)16-15(23)14(22)10(27-16)8-26-17(24)12-7-9-3-1-2-4-11(9)28-12/h1-7,10,14-16,22-23H,8H2,(H2,19,20,25)/t10-,14-,15-,16-/m1/s1. The Labute approximate surface area is 162 Å². The molecule has 1 fully saturated rings. The van der Waals surface area contributed by atoms with E-state index in [2.05, 4.69) is 4.98 Å². The van der Waals surface area contributed by atoms with Crippen LogP contribution in [0.3, 0.4) is 0 Å². The normalized spacial score (nSPS) is 24.5. The number of esters is 1. The van der Waals surface area contributed by atoms with Gasteiger partial charge in [0.05, 0.1) is 0 Å². The lowest BCUT2D eigenvalue weighted by atomic mass is 10.1. The van der Waals surface area contributed by atoms with Gasteiger partial charge in [0.2, 0.25) is 0 Å². The molecule has 3 heterocycles. The molecule has 4 rings (SSSR count). The molecule has 0 unspecified atom stereocenters. The van der Waals surface area contributed by atoms with Crippen LogP contribution in [-0.2, 0) is 9.47 Å². The van der Waals surface area contributed by atoms with Crippen molar-refractivity contribution in [3.63, 3.8) is 0 Å². The fraction of sp³-hybridized carbons (Fsp3) is 0.278. The minimum Gasteiger partial charge on any atom is -0.459 e. The van der Waals surface area contributed by atoms with Gasteiger partial charge in [-0.2, -0.15) is 4.98 Å². The summed E-state index contributed by atoms with van der Waals surface area (Å²) in [5.41, 5.74) is 4.72. The molecule has 28 heavy (non-hydrogen) atoms. The van der Waals surface area contributed by atoms with Crippen LogP contribution in [0.5, 0.6) is 0 Å². The number of anilines is 1. The van der Waals surface area contributed by atoms with Gasteiger partial charge in [-0.15, -0.1) is 11.3 Å². The number of carbonyl (C=O) groups is 1. The molecule has 0 spiro atoms. The number of hydrogen-bond acceptors (Lipinski definition) is 9. The SMILES string of the molecule is Nc1ccn([C@@H]2O[C@H](COC(=O)c3cc4ccccc4s3)[C@@H](O)[C@H]2O)c(=O)n1. The summed E-state index contributed by atoms with van der Waals surface area (Å²) in [6, 6.07) is 10.7. The number of aromatic nitrogens is 2. The van der Waals surface area contributed by atoms with Gasteiger partial charge in [-0.3, -0.25) is 4.57 Å². The van der Waals surface area contributed by atoms with Crippen LogP contribution in [0.2, 0.25) is 0 Å². The summed E-state index contributed by atoms with van der Waals surface area (Å²) in [5.74, 6) is -0.524. The van der Waals surface area contributed by atoms with E-state index in [0.29, 0.717) is 4.88 Å². The van der Waals surface area contributed by atoms with Crippen LogP contribution >= 0.6 is 11.3 Å². The van der Waals surface area contributed by atoms with Gasteiger partial charge in [-0.1, -0.05) is 18.2 Å². The Kier molecular flexibility index (Phi) is 4.85. The third-order valence-corrected chi connectivity index (χ3v) is 5.56. The predicted octanol–water partition coefficient (Wildman–Crippen LogP) is 0.516. The van der Waals surface area contributed by atoms with Gasteiger partial charge in [0, 0.05) is 10.9 Å². The van der Waals surface area contributed by atoms with E-state index in [4.69, 9.17) is 15.2 Å². The summed E-state index contributed by atoms with van der Waals surface area (Å²) >= 11 is 1.30. The molecule has 1 aromatic carbocycles. The second-order valence-corrected chi connectivity index (χ2v) is 7.42. The molecule has 146 valence electrons. The van der Waals surface area contributed by atoms with Gasteiger partial charge in [0.15, 0.2) is 6.23 Å². The second kappa shape index (κ2) is 7.32. The van der Waals surface area contributed by atoms with E-state index >= 15 is 0 Å². The number of nitrogens with two attached hydrogens (primary N) is 1. The van der Waals surface area contributed by atoms with Crippen molar-refractivity contribution in [1.29, 1.82) is 0 Å². The van der Waals surface area contributed by atoms with Crippen LogP contribution in [0.15, 0.2) is 47.4 Å². The van der Waals surface area contributed by atoms with Crippen molar-refractivity contribution in [3.8, 4) is 0 Å². The van der Waals surface area contributed by atoms with Crippen LogP contribution in [0.1, 0.15) is 15.9 Å². The highest BCUT2D eigenvalue weighted by molar-refractivity contribution is 7.20. The van der Waals surface area contributed by atoms with Crippen LogP contribution in [0, 0.1) is 0 Å². The van der Waals surface area contributed by atoms with Crippen LogP contribution in [0.4, 0.5) is 5.82 Å². The van der Waals surface area contributed by atoms with Crippen LogP contribution in [0.25, 0.3) is 10.1 Å². The van der Waals surface area contributed by atoms with Gasteiger partial charge in [-0.05, 0) is 23.6 Å². The van der Waals surface area contributed by atoms with E-state index in [0.717, 1.165) is 14.7 Å². The van der Waals surface area contributed by atoms with Gasteiger partial charge in [-0.25, -0.2) is 9.59 Å². The first kappa shape index (κ1) is 18.6. The maximum absolute atomic E-state index is 12.3. The summed E-state index contributed by atoms with van der Waals surface area (Å²) in [6.07, 6.45) is -3.58. The number of nitrogens with zero attached hydrogens (tertiary/aromatic N) is 2. The van der Waals surface area contributed by atoms with Gasteiger partial charge in [0.25, 0.3) is 0 Å². The first-order valence-corrected chi connectivity index (χ1v) is 9.27. The molecular formula is C18H17N3O6S. The van der Waals surface area contributed by atoms with E-state index in [9.17, 15) is 19.8 Å². The fourth-order valence-electron chi connectivity index (χ4n) is 3.03. The Bertz CT molecular complexity index is 1050. The number of aliphatic hydroxyl groups is 2. The highest BCUT2D eigenvalue weighted by atomic mass is 32.1. The van der Waals surface area contributed by atoms with E-state index in [-0.39, 0.29) is 12.4 Å². The number of thiophene rings is 1. The molecule has 2 aromatic heterocycles. The second-order valence-electron chi connectivity index (χ2n) is 6.34. The van der Waals surface area contributed by atoms with Gasteiger partial charge in [0.1, 0.15) is 35.6 Å². The van der Waals surface area contributed by atoms with Crippen molar-refractivity contribution < 1.29 is 24.5 Å². The Morgan fingerprint density at radius 1 is 1.29 bits per heavy atom. The molecule has 4 atom stereocenters. The quantitative estimate of drug-likeness (QED) is 0.536. The number of ether oxygens (including phenoxy) is 2. The van der Waals surface area contributed by atoms with Crippen molar-refractivity contribution in [3.05, 3.63) is 58.0 Å². The lowest BCUT2D eigenvalue weighted by Crippen LogP contribution is -2.36. The molecule has 3 aromatic rings. The lowest BCUT2D eigenvalue weighted by Gasteiger charge is -2.16. The highest BCUT2D eigenvalue weighted by Crippen LogP contribution is 2.30. The van der Waals surface area contributed by atoms with Crippen LogP contribution in [-0.4, -0.2) is 50.7 Å².